The molecule has 1 aromatic rings. The number of carbonyl (C=O) groups is 1. The summed E-state index contributed by atoms with van der Waals surface area (Å²) in [5.74, 6) is -0.0320. The van der Waals surface area contributed by atoms with Crippen molar-refractivity contribution in [1.29, 1.82) is 0 Å². The van der Waals surface area contributed by atoms with Gasteiger partial charge >= 0.3 is 6.03 Å². The molecule has 1 radical (unpaired) electrons. The molecule has 0 aromatic heterocycles. The van der Waals surface area contributed by atoms with E-state index in [1.165, 1.54) is 22.3 Å². The van der Waals surface area contributed by atoms with Crippen molar-refractivity contribution < 1.29 is 17.9 Å². The Morgan fingerprint density at radius 1 is 1.00 bits per heavy atom. The van der Waals surface area contributed by atoms with Gasteiger partial charge in [-0.05, 0) is 80.2 Å². The van der Waals surface area contributed by atoms with Crippen molar-refractivity contribution >= 4 is 73.1 Å². The number of hydrogen-bond donors (Lipinski definition) is 2. The molecular formula is C21H31KN3O4S. The monoisotopic (exact) mass is 460 g/mol. The quantitative estimate of drug-likeness (QED) is 0.479. The largest absolute Gasteiger partial charge is 0.379 e. The first kappa shape index (κ1) is 24.6. The number of fused-ring (bicyclic) bond motifs is 2. The van der Waals surface area contributed by atoms with Crippen LogP contribution in [-0.2, 0) is 40.4 Å². The summed E-state index contributed by atoms with van der Waals surface area (Å²) in [6.07, 6.45) is 7.50. The van der Waals surface area contributed by atoms with E-state index in [4.69, 9.17) is 4.74 Å². The van der Waals surface area contributed by atoms with Crippen LogP contribution in [0.4, 0.5) is 10.5 Å². The number of carbonyl (C=O) groups excluding carboxylic acids is 1. The molecular weight excluding hydrogens is 429 g/mol. The minimum absolute atomic E-state index is 0. The van der Waals surface area contributed by atoms with Gasteiger partial charge in [-0.1, -0.05) is 6.07 Å². The summed E-state index contributed by atoms with van der Waals surface area (Å²) in [5.41, 5.74) is 5.89. The first-order valence-electron chi connectivity index (χ1n) is 10.8. The number of aryl methyl sites for hydroxylation is 2. The summed E-state index contributed by atoms with van der Waals surface area (Å²) >= 11 is 0. The van der Waals surface area contributed by atoms with E-state index in [0.717, 1.165) is 83.5 Å². The van der Waals surface area contributed by atoms with Gasteiger partial charge in [0.25, 0.3) is 0 Å². The van der Waals surface area contributed by atoms with E-state index in [2.05, 4.69) is 21.0 Å². The van der Waals surface area contributed by atoms with Crippen molar-refractivity contribution in [1.82, 2.24) is 9.62 Å². The van der Waals surface area contributed by atoms with Crippen molar-refractivity contribution in [3.8, 4) is 0 Å². The summed E-state index contributed by atoms with van der Waals surface area (Å²) in [6.45, 7) is 4.16. The number of nitrogens with one attached hydrogen (secondary N) is 2. The van der Waals surface area contributed by atoms with Crippen molar-refractivity contribution in [3.63, 3.8) is 0 Å². The number of ether oxygens (including phenoxy) is 1. The third-order valence-electron chi connectivity index (χ3n) is 6.20. The molecule has 1 saturated heterocycles. The van der Waals surface area contributed by atoms with Crippen LogP contribution in [0.2, 0.25) is 0 Å². The second-order valence-electron chi connectivity index (χ2n) is 8.27. The zero-order chi connectivity index (χ0) is 20.3. The fourth-order valence-electron chi connectivity index (χ4n) is 4.75. The van der Waals surface area contributed by atoms with E-state index < -0.39 is 16.1 Å². The second kappa shape index (κ2) is 11.2. The van der Waals surface area contributed by atoms with Crippen molar-refractivity contribution in [2.75, 3.05) is 43.9 Å². The molecule has 2 aliphatic carbocycles. The third-order valence-corrected chi connectivity index (χ3v) is 7.52. The number of nitrogens with zero attached hydrogens (tertiary/aromatic N) is 1. The van der Waals surface area contributed by atoms with E-state index >= 15 is 0 Å². The van der Waals surface area contributed by atoms with Crippen molar-refractivity contribution in [2.24, 2.45) is 0 Å². The maximum Gasteiger partial charge on any atom is 0.332 e. The van der Waals surface area contributed by atoms with Crippen LogP contribution < -0.4 is 10.0 Å². The number of unbranched alkanes of at least 4 members (excludes halogenated alkanes) is 1. The topological polar surface area (TPSA) is 87.7 Å². The van der Waals surface area contributed by atoms with Crippen LogP contribution in [0.15, 0.2) is 6.07 Å². The molecule has 3 aliphatic rings. The Labute approximate surface area is 222 Å². The fraction of sp³-hybridized carbons (Fsp3) is 0.667. The molecule has 0 bridgehead atoms. The number of rotatable bonds is 7. The SMILES string of the molecule is O=C(Nc1c2c(cc3c1CCC3)CCC2)NS(=O)(=O)CCCCN1CCOCC1.[K]. The van der Waals surface area contributed by atoms with Gasteiger partial charge in [0.1, 0.15) is 0 Å². The van der Waals surface area contributed by atoms with Gasteiger partial charge in [-0.3, -0.25) is 4.90 Å². The first-order valence-corrected chi connectivity index (χ1v) is 12.5. The van der Waals surface area contributed by atoms with Crippen LogP contribution in [0.5, 0.6) is 0 Å². The Bertz CT molecular complexity index is 837. The van der Waals surface area contributed by atoms with Gasteiger partial charge in [0.05, 0.1) is 19.0 Å². The molecule has 161 valence electrons. The van der Waals surface area contributed by atoms with Gasteiger partial charge in [-0.25, -0.2) is 17.9 Å². The predicted molar refractivity (Wildman–Crippen MR) is 119 cm³/mol. The number of sulfonamides is 1. The van der Waals surface area contributed by atoms with Crippen LogP contribution in [0.25, 0.3) is 0 Å². The van der Waals surface area contributed by atoms with Crippen molar-refractivity contribution in [3.05, 3.63) is 28.3 Å². The zero-order valence-corrected chi connectivity index (χ0v) is 21.9. The van der Waals surface area contributed by atoms with Crippen LogP contribution in [0, 0.1) is 0 Å². The molecule has 0 atom stereocenters. The number of morpholine rings is 1. The van der Waals surface area contributed by atoms with Gasteiger partial charge in [0, 0.05) is 70.2 Å². The maximum absolute atomic E-state index is 12.5. The summed E-state index contributed by atoms with van der Waals surface area (Å²) in [6, 6.07) is 1.66. The normalized spacial score (nSPS) is 18.4. The molecule has 30 heavy (non-hydrogen) atoms. The molecule has 2 amide bonds. The van der Waals surface area contributed by atoms with Crippen molar-refractivity contribution in [2.45, 2.75) is 51.4 Å². The minimum Gasteiger partial charge on any atom is -0.379 e. The summed E-state index contributed by atoms with van der Waals surface area (Å²) in [7, 11) is -3.64. The van der Waals surface area contributed by atoms with Crippen LogP contribution in [0.1, 0.15) is 47.9 Å². The first-order chi connectivity index (χ1) is 14.0. The van der Waals surface area contributed by atoms with E-state index in [-0.39, 0.29) is 57.1 Å². The molecule has 9 heteroatoms. The van der Waals surface area contributed by atoms with E-state index in [0.29, 0.717) is 6.42 Å². The average molecular weight is 461 g/mol. The van der Waals surface area contributed by atoms with Gasteiger partial charge in [-0.15, -0.1) is 0 Å². The molecule has 4 rings (SSSR count). The maximum atomic E-state index is 12.5. The van der Waals surface area contributed by atoms with Gasteiger partial charge in [0.15, 0.2) is 0 Å². The van der Waals surface area contributed by atoms with Crippen LogP contribution in [-0.4, -0.2) is 109 Å². The Balaban J connectivity index is 0.00000256. The fourth-order valence-corrected chi connectivity index (χ4v) is 5.77. The number of benzene rings is 1. The standard InChI is InChI=1S/C21H31N3O4S.K/c25-21(23-29(26,27)14-2-1-9-24-10-12-28-13-11-24)22-20-18-7-3-5-16(18)15-17-6-4-8-19(17)20;/h15H,1-14H2,(H2,22,23,25);. The number of urea groups is 1. The predicted octanol–water partition coefficient (Wildman–Crippen LogP) is 1.85. The van der Waals surface area contributed by atoms with Crippen LogP contribution in [0.3, 0.4) is 0 Å². The molecule has 0 saturated carbocycles. The van der Waals surface area contributed by atoms with E-state index in [9.17, 15) is 13.2 Å². The molecule has 0 unspecified atom stereocenters. The Hall–Kier alpha value is -0.00364. The number of anilines is 1. The zero-order valence-electron chi connectivity index (χ0n) is 18.0. The van der Waals surface area contributed by atoms with Gasteiger partial charge in [0.2, 0.25) is 10.0 Å². The van der Waals surface area contributed by atoms with E-state index in [1.807, 2.05) is 0 Å². The summed E-state index contributed by atoms with van der Waals surface area (Å²) < 4.78 is 32.2. The molecule has 7 nitrogen and oxygen atoms in total. The average Bonchev–Trinajstić information content (AvgIpc) is 3.34. The summed E-state index contributed by atoms with van der Waals surface area (Å²) in [5, 5.41) is 2.89. The third kappa shape index (κ3) is 6.28. The second-order valence-corrected chi connectivity index (χ2v) is 10.1. The molecule has 1 aliphatic heterocycles. The Morgan fingerprint density at radius 3 is 2.27 bits per heavy atom. The Kier molecular flexibility index (Phi) is 9.22. The molecule has 1 fully saturated rings. The van der Waals surface area contributed by atoms with Crippen LogP contribution >= 0.6 is 0 Å². The number of hydrogen-bond acceptors (Lipinski definition) is 5. The summed E-state index contributed by atoms with van der Waals surface area (Å²) in [4.78, 5) is 14.8. The molecule has 0 spiro atoms. The molecule has 1 heterocycles. The van der Waals surface area contributed by atoms with Gasteiger partial charge in [-0.2, -0.15) is 0 Å². The minimum atomic E-state index is -3.64. The smallest absolute Gasteiger partial charge is 0.332 e. The number of amides is 2. The Morgan fingerprint density at radius 2 is 1.63 bits per heavy atom. The van der Waals surface area contributed by atoms with E-state index in [1.54, 1.807) is 0 Å². The molecule has 2 N–H and O–H groups in total. The van der Waals surface area contributed by atoms with Gasteiger partial charge < -0.3 is 10.1 Å². The molecule has 1 aromatic carbocycles.